The summed E-state index contributed by atoms with van der Waals surface area (Å²) >= 11 is 0. The molecule has 3 aliphatic rings. The van der Waals surface area contributed by atoms with E-state index in [0.29, 0.717) is 19.3 Å². The molecule has 0 aromatic rings. The van der Waals surface area contributed by atoms with Crippen LogP contribution in [0.2, 0.25) is 0 Å². The zero-order valence-electron chi connectivity index (χ0n) is 13.6. The topological polar surface area (TPSA) is 41.5 Å². The summed E-state index contributed by atoms with van der Waals surface area (Å²) < 4.78 is 5.90. The van der Waals surface area contributed by atoms with Crippen molar-refractivity contribution in [3.63, 3.8) is 0 Å². The van der Waals surface area contributed by atoms with Crippen molar-refractivity contribution in [3.05, 3.63) is 0 Å². The summed E-state index contributed by atoms with van der Waals surface area (Å²) in [5.41, 5.74) is 0. The minimum absolute atomic E-state index is 0.346. The Bertz CT molecular complexity index is 322. The van der Waals surface area contributed by atoms with Gasteiger partial charge in [0.25, 0.3) is 0 Å². The number of aliphatic hydroxyl groups excluding tert-OH is 1. The third-order valence-electron chi connectivity index (χ3n) is 6.08. The predicted octanol–water partition coefficient (Wildman–Crippen LogP) is 2.97. The highest BCUT2D eigenvalue weighted by Gasteiger charge is 2.38. The number of hydrogen-bond acceptors (Lipinski definition) is 3. The molecule has 0 heterocycles. The van der Waals surface area contributed by atoms with Gasteiger partial charge >= 0.3 is 0 Å². The highest BCUT2D eigenvalue weighted by molar-refractivity contribution is 4.90. The molecular weight excluding hydrogens is 262 g/mol. The molecule has 3 rings (SSSR count). The Morgan fingerprint density at radius 1 is 1.14 bits per heavy atom. The highest BCUT2D eigenvalue weighted by atomic mass is 16.5. The van der Waals surface area contributed by atoms with Crippen LogP contribution in [0.4, 0.5) is 0 Å². The molecule has 0 radical (unpaired) electrons. The Morgan fingerprint density at radius 3 is 2.76 bits per heavy atom. The van der Waals surface area contributed by atoms with E-state index in [0.717, 1.165) is 30.2 Å². The fraction of sp³-hybridized carbons (Fsp3) is 1.00. The first-order valence-corrected chi connectivity index (χ1v) is 9.21. The lowest BCUT2D eigenvalue weighted by Crippen LogP contribution is -2.36. The lowest BCUT2D eigenvalue weighted by atomic mass is 9.88. The van der Waals surface area contributed by atoms with Gasteiger partial charge in [-0.25, -0.2) is 0 Å². The fourth-order valence-electron chi connectivity index (χ4n) is 4.90. The van der Waals surface area contributed by atoms with E-state index in [1.165, 1.54) is 51.4 Å². The Morgan fingerprint density at radius 2 is 2.05 bits per heavy atom. The molecule has 3 nitrogen and oxygen atoms in total. The molecule has 0 saturated heterocycles. The van der Waals surface area contributed by atoms with Crippen LogP contribution in [-0.2, 0) is 4.74 Å². The molecule has 122 valence electrons. The molecular formula is C18H33NO2. The van der Waals surface area contributed by atoms with Gasteiger partial charge in [0.15, 0.2) is 0 Å². The van der Waals surface area contributed by atoms with E-state index >= 15 is 0 Å². The van der Waals surface area contributed by atoms with E-state index in [2.05, 4.69) is 12.2 Å². The van der Waals surface area contributed by atoms with Gasteiger partial charge in [0.2, 0.25) is 0 Å². The number of ether oxygens (including phenoxy) is 1. The Balaban J connectivity index is 1.25. The summed E-state index contributed by atoms with van der Waals surface area (Å²) in [4.78, 5) is 0. The second kappa shape index (κ2) is 7.43. The van der Waals surface area contributed by atoms with Crippen LogP contribution < -0.4 is 5.32 Å². The molecule has 0 aromatic heterocycles. The van der Waals surface area contributed by atoms with Gasteiger partial charge in [-0.3, -0.25) is 0 Å². The first kappa shape index (κ1) is 15.8. The fourth-order valence-corrected chi connectivity index (χ4v) is 4.90. The number of aliphatic hydroxyl groups is 1. The second-order valence-electron chi connectivity index (χ2n) is 7.97. The average Bonchev–Trinajstić information content (AvgIpc) is 3.08. The van der Waals surface area contributed by atoms with Crippen LogP contribution in [0.1, 0.15) is 58.3 Å². The summed E-state index contributed by atoms with van der Waals surface area (Å²) in [6, 6.07) is 0. The Hall–Kier alpha value is -0.120. The van der Waals surface area contributed by atoms with E-state index in [4.69, 9.17) is 4.74 Å². The molecule has 3 aliphatic carbocycles. The van der Waals surface area contributed by atoms with Gasteiger partial charge in [-0.2, -0.15) is 0 Å². The van der Waals surface area contributed by atoms with E-state index in [1.54, 1.807) is 0 Å². The summed E-state index contributed by atoms with van der Waals surface area (Å²) in [5, 5.41) is 13.5. The predicted molar refractivity (Wildman–Crippen MR) is 85.2 cm³/mol. The highest BCUT2D eigenvalue weighted by Crippen LogP contribution is 2.47. The minimum Gasteiger partial charge on any atom is -0.389 e. The summed E-state index contributed by atoms with van der Waals surface area (Å²) in [5.74, 6) is 3.65. The van der Waals surface area contributed by atoms with Gasteiger partial charge in [0.1, 0.15) is 0 Å². The van der Waals surface area contributed by atoms with E-state index in [9.17, 15) is 5.11 Å². The maximum absolute atomic E-state index is 10.1. The number of rotatable bonds is 7. The molecule has 2 N–H and O–H groups in total. The van der Waals surface area contributed by atoms with Gasteiger partial charge < -0.3 is 15.2 Å². The maximum Gasteiger partial charge on any atom is 0.0897 e. The molecule has 0 aliphatic heterocycles. The summed E-state index contributed by atoms with van der Waals surface area (Å²) in [6.07, 6.45) is 10.8. The normalized spacial score (nSPS) is 40.6. The quantitative estimate of drug-likeness (QED) is 0.759. The zero-order valence-corrected chi connectivity index (χ0v) is 13.6. The molecule has 21 heavy (non-hydrogen) atoms. The molecule has 2 bridgehead atoms. The number of fused-ring (bicyclic) bond motifs is 2. The molecule has 3 saturated carbocycles. The smallest absolute Gasteiger partial charge is 0.0897 e. The van der Waals surface area contributed by atoms with Gasteiger partial charge in [-0.1, -0.05) is 26.2 Å². The van der Waals surface area contributed by atoms with Crippen molar-refractivity contribution < 1.29 is 9.84 Å². The van der Waals surface area contributed by atoms with E-state index in [-0.39, 0.29) is 6.10 Å². The number of hydrogen-bond donors (Lipinski definition) is 2. The number of nitrogens with one attached hydrogen (secondary N) is 1. The third kappa shape index (κ3) is 4.43. The third-order valence-corrected chi connectivity index (χ3v) is 6.08. The zero-order chi connectivity index (χ0) is 14.7. The van der Waals surface area contributed by atoms with E-state index in [1.807, 2.05) is 0 Å². The van der Waals surface area contributed by atoms with Gasteiger partial charge in [0, 0.05) is 6.54 Å². The lowest BCUT2D eigenvalue weighted by molar-refractivity contribution is -0.0308. The van der Waals surface area contributed by atoms with Crippen molar-refractivity contribution in [1.29, 1.82) is 0 Å². The van der Waals surface area contributed by atoms with E-state index < -0.39 is 0 Å². The van der Waals surface area contributed by atoms with Crippen molar-refractivity contribution >= 4 is 0 Å². The van der Waals surface area contributed by atoms with Gasteiger partial charge in [0.05, 0.1) is 18.8 Å². The van der Waals surface area contributed by atoms with Crippen LogP contribution in [0.5, 0.6) is 0 Å². The minimum atomic E-state index is -0.346. The summed E-state index contributed by atoms with van der Waals surface area (Å²) in [6.45, 7) is 4.60. The van der Waals surface area contributed by atoms with Gasteiger partial charge in [-0.05, 0) is 62.3 Å². The van der Waals surface area contributed by atoms with Crippen LogP contribution in [0.15, 0.2) is 0 Å². The monoisotopic (exact) mass is 295 g/mol. The van der Waals surface area contributed by atoms with Gasteiger partial charge in [-0.15, -0.1) is 0 Å². The standard InChI is InChI=1S/C18H33NO2/c1-13-3-2-4-18(7-13)21-12-17(20)11-19-10-16-9-14-5-6-15(16)8-14/h13-20H,2-12H2,1H3. The summed E-state index contributed by atoms with van der Waals surface area (Å²) in [7, 11) is 0. The SMILES string of the molecule is CC1CCCC(OCC(O)CNCC2CC3CCC2C3)C1. The van der Waals surface area contributed by atoms with Crippen molar-refractivity contribution in [3.8, 4) is 0 Å². The largest absolute Gasteiger partial charge is 0.389 e. The van der Waals surface area contributed by atoms with Crippen LogP contribution in [0.25, 0.3) is 0 Å². The maximum atomic E-state index is 10.1. The molecule has 3 heteroatoms. The van der Waals surface area contributed by atoms with Crippen LogP contribution in [-0.4, -0.2) is 37.0 Å². The Kier molecular flexibility index (Phi) is 5.58. The molecule has 6 unspecified atom stereocenters. The molecule has 0 spiro atoms. The van der Waals surface area contributed by atoms with Crippen molar-refractivity contribution in [2.45, 2.75) is 70.5 Å². The second-order valence-corrected chi connectivity index (χ2v) is 7.97. The Labute approximate surface area is 129 Å². The van der Waals surface area contributed by atoms with Crippen molar-refractivity contribution in [1.82, 2.24) is 5.32 Å². The molecule has 0 amide bonds. The lowest BCUT2D eigenvalue weighted by Gasteiger charge is -2.28. The molecule has 0 aromatic carbocycles. The molecule has 3 fully saturated rings. The van der Waals surface area contributed by atoms with Crippen molar-refractivity contribution in [2.75, 3.05) is 19.7 Å². The van der Waals surface area contributed by atoms with Crippen LogP contribution in [0.3, 0.4) is 0 Å². The average molecular weight is 295 g/mol. The van der Waals surface area contributed by atoms with Crippen LogP contribution >= 0.6 is 0 Å². The first-order valence-electron chi connectivity index (χ1n) is 9.21. The van der Waals surface area contributed by atoms with Crippen LogP contribution in [0, 0.1) is 23.7 Å². The molecule has 6 atom stereocenters. The van der Waals surface area contributed by atoms with Crippen molar-refractivity contribution in [2.24, 2.45) is 23.7 Å². The first-order chi connectivity index (χ1) is 10.2.